The Morgan fingerprint density at radius 3 is 2.88 bits per heavy atom. The SMILES string of the molecule is C[C@H](O)c1cc(Br)ccc1OCCC1CC1. The third kappa shape index (κ3) is 3.22. The summed E-state index contributed by atoms with van der Waals surface area (Å²) in [4.78, 5) is 0. The first kappa shape index (κ1) is 11.9. The quantitative estimate of drug-likeness (QED) is 0.894. The normalized spacial score (nSPS) is 17.2. The zero-order valence-electron chi connectivity index (χ0n) is 9.45. The summed E-state index contributed by atoms with van der Waals surface area (Å²) in [5.74, 6) is 1.68. The molecule has 16 heavy (non-hydrogen) atoms. The number of aliphatic hydroxyl groups excluding tert-OH is 1. The van der Waals surface area contributed by atoms with E-state index in [0.29, 0.717) is 0 Å². The van der Waals surface area contributed by atoms with Crippen LogP contribution in [0.3, 0.4) is 0 Å². The maximum Gasteiger partial charge on any atom is 0.125 e. The molecule has 0 spiro atoms. The lowest BCUT2D eigenvalue weighted by atomic mass is 10.1. The lowest BCUT2D eigenvalue weighted by Crippen LogP contribution is -2.02. The highest BCUT2D eigenvalue weighted by Gasteiger charge is 2.21. The molecule has 0 aromatic heterocycles. The van der Waals surface area contributed by atoms with Crippen molar-refractivity contribution in [1.29, 1.82) is 0 Å². The van der Waals surface area contributed by atoms with Gasteiger partial charge in [0.1, 0.15) is 5.75 Å². The van der Waals surface area contributed by atoms with Gasteiger partial charge in [-0.2, -0.15) is 0 Å². The van der Waals surface area contributed by atoms with E-state index in [4.69, 9.17) is 4.74 Å². The molecule has 0 amide bonds. The zero-order chi connectivity index (χ0) is 11.5. The standard InChI is InChI=1S/C13H17BrO2/c1-9(15)12-8-11(14)4-5-13(12)16-7-6-10-2-3-10/h4-5,8-10,15H,2-3,6-7H2,1H3/t9-/m0/s1. The molecule has 1 aliphatic carbocycles. The van der Waals surface area contributed by atoms with Crippen LogP contribution >= 0.6 is 15.9 Å². The molecule has 2 nitrogen and oxygen atoms in total. The molecule has 88 valence electrons. The Kier molecular flexibility index (Phi) is 3.87. The minimum atomic E-state index is -0.492. The van der Waals surface area contributed by atoms with E-state index >= 15 is 0 Å². The second-order valence-electron chi connectivity index (χ2n) is 4.44. The molecule has 1 N–H and O–H groups in total. The van der Waals surface area contributed by atoms with Gasteiger partial charge in [-0.1, -0.05) is 28.8 Å². The van der Waals surface area contributed by atoms with Crippen LogP contribution in [-0.2, 0) is 0 Å². The fraction of sp³-hybridized carbons (Fsp3) is 0.538. The molecule has 1 aromatic carbocycles. The Morgan fingerprint density at radius 2 is 2.25 bits per heavy atom. The van der Waals surface area contributed by atoms with Gasteiger partial charge in [-0.3, -0.25) is 0 Å². The molecule has 3 heteroatoms. The summed E-state index contributed by atoms with van der Waals surface area (Å²) >= 11 is 3.40. The number of halogens is 1. The summed E-state index contributed by atoms with van der Waals surface area (Å²) in [6, 6.07) is 5.77. The molecule has 1 saturated carbocycles. The predicted molar refractivity (Wildman–Crippen MR) is 67.6 cm³/mol. The summed E-state index contributed by atoms with van der Waals surface area (Å²) in [5.41, 5.74) is 0.852. The van der Waals surface area contributed by atoms with Crippen LogP contribution in [0.25, 0.3) is 0 Å². The Hall–Kier alpha value is -0.540. The molecule has 0 saturated heterocycles. The van der Waals surface area contributed by atoms with E-state index in [1.807, 2.05) is 18.2 Å². The van der Waals surface area contributed by atoms with Crippen LogP contribution < -0.4 is 4.74 Å². The highest BCUT2D eigenvalue weighted by Crippen LogP contribution is 2.33. The average Bonchev–Trinajstić information content (AvgIpc) is 3.04. The smallest absolute Gasteiger partial charge is 0.125 e. The van der Waals surface area contributed by atoms with Crippen LogP contribution in [0.1, 0.15) is 37.9 Å². The van der Waals surface area contributed by atoms with Crippen LogP contribution in [-0.4, -0.2) is 11.7 Å². The minimum Gasteiger partial charge on any atom is -0.493 e. The van der Waals surface area contributed by atoms with Gasteiger partial charge in [-0.05, 0) is 37.5 Å². The number of rotatable bonds is 5. The number of aliphatic hydroxyl groups is 1. The molecule has 0 radical (unpaired) electrons. The van der Waals surface area contributed by atoms with Gasteiger partial charge < -0.3 is 9.84 Å². The molecule has 2 rings (SSSR count). The number of benzene rings is 1. The highest BCUT2D eigenvalue weighted by molar-refractivity contribution is 9.10. The third-order valence-corrected chi connectivity index (χ3v) is 3.40. The molecule has 0 bridgehead atoms. The minimum absolute atomic E-state index is 0.492. The van der Waals surface area contributed by atoms with E-state index < -0.39 is 6.10 Å². The van der Waals surface area contributed by atoms with Crippen molar-refractivity contribution >= 4 is 15.9 Å². The van der Waals surface area contributed by atoms with Gasteiger partial charge in [0, 0.05) is 10.0 Å². The summed E-state index contributed by atoms with van der Waals surface area (Å²) in [6.45, 7) is 2.52. The average molecular weight is 285 g/mol. The summed E-state index contributed by atoms with van der Waals surface area (Å²) in [6.07, 6.45) is 3.35. The van der Waals surface area contributed by atoms with E-state index in [1.165, 1.54) is 12.8 Å². The van der Waals surface area contributed by atoms with Crippen molar-refractivity contribution in [3.8, 4) is 5.75 Å². The molecule has 1 fully saturated rings. The van der Waals surface area contributed by atoms with Crippen LogP contribution in [0, 0.1) is 5.92 Å². The Labute approximate surface area is 105 Å². The van der Waals surface area contributed by atoms with Crippen LogP contribution in [0.15, 0.2) is 22.7 Å². The van der Waals surface area contributed by atoms with Crippen molar-refractivity contribution in [2.45, 2.75) is 32.3 Å². The maximum absolute atomic E-state index is 9.65. The molecule has 1 atom stereocenters. The van der Waals surface area contributed by atoms with Gasteiger partial charge >= 0.3 is 0 Å². The Balaban J connectivity index is 1.99. The van der Waals surface area contributed by atoms with Crippen molar-refractivity contribution in [2.24, 2.45) is 5.92 Å². The first-order chi connectivity index (χ1) is 7.66. The van der Waals surface area contributed by atoms with Gasteiger partial charge in [0.05, 0.1) is 12.7 Å². The van der Waals surface area contributed by atoms with E-state index in [1.54, 1.807) is 6.92 Å². The van der Waals surface area contributed by atoms with Crippen molar-refractivity contribution in [3.63, 3.8) is 0 Å². The second-order valence-corrected chi connectivity index (χ2v) is 5.35. The number of hydrogen-bond donors (Lipinski definition) is 1. The Morgan fingerprint density at radius 1 is 1.50 bits per heavy atom. The first-order valence-corrected chi connectivity index (χ1v) is 6.56. The lowest BCUT2D eigenvalue weighted by Gasteiger charge is -2.13. The predicted octanol–water partition coefficient (Wildman–Crippen LogP) is 3.68. The third-order valence-electron chi connectivity index (χ3n) is 2.90. The van der Waals surface area contributed by atoms with Crippen molar-refractivity contribution in [1.82, 2.24) is 0 Å². The molecule has 1 aromatic rings. The van der Waals surface area contributed by atoms with Gasteiger partial charge in [0.25, 0.3) is 0 Å². The molecule has 1 aliphatic rings. The fourth-order valence-electron chi connectivity index (χ4n) is 1.72. The van der Waals surface area contributed by atoms with Gasteiger partial charge in [-0.25, -0.2) is 0 Å². The second kappa shape index (κ2) is 5.19. The monoisotopic (exact) mass is 284 g/mol. The highest BCUT2D eigenvalue weighted by atomic mass is 79.9. The summed E-state index contributed by atoms with van der Waals surface area (Å²) < 4.78 is 6.69. The van der Waals surface area contributed by atoms with Gasteiger partial charge in [-0.15, -0.1) is 0 Å². The maximum atomic E-state index is 9.65. The summed E-state index contributed by atoms with van der Waals surface area (Å²) in [5, 5.41) is 9.65. The van der Waals surface area contributed by atoms with E-state index in [2.05, 4.69) is 15.9 Å². The van der Waals surface area contributed by atoms with Crippen LogP contribution in [0.5, 0.6) is 5.75 Å². The van der Waals surface area contributed by atoms with Crippen LogP contribution in [0.4, 0.5) is 0 Å². The van der Waals surface area contributed by atoms with Gasteiger partial charge in [0.2, 0.25) is 0 Å². The van der Waals surface area contributed by atoms with Crippen molar-refractivity contribution in [3.05, 3.63) is 28.2 Å². The van der Waals surface area contributed by atoms with Gasteiger partial charge in [0.15, 0.2) is 0 Å². The Bertz CT molecular complexity index is 359. The molecule has 0 unspecified atom stereocenters. The van der Waals surface area contributed by atoms with E-state index in [9.17, 15) is 5.11 Å². The topological polar surface area (TPSA) is 29.5 Å². The molecule has 0 aliphatic heterocycles. The molecule has 0 heterocycles. The van der Waals surface area contributed by atoms with Crippen molar-refractivity contribution < 1.29 is 9.84 Å². The van der Waals surface area contributed by atoms with Crippen LogP contribution in [0.2, 0.25) is 0 Å². The molecular formula is C13H17BrO2. The number of hydrogen-bond acceptors (Lipinski definition) is 2. The lowest BCUT2D eigenvalue weighted by molar-refractivity contribution is 0.190. The molecular weight excluding hydrogens is 268 g/mol. The van der Waals surface area contributed by atoms with E-state index in [-0.39, 0.29) is 0 Å². The summed E-state index contributed by atoms with van der Waals surface area (Å²) in [7, 11) is 0. The number of ether oxygens (including phenoxy) is 1. The van der Waals surface area contributed by atoms with Crippen molar-refractivity contribution in [2.75, 3.05) is 6.61 Å². The largest absolute Gasteiger partial charge is 0.493 e. The first-order valence-electron chi connectivity index (χ1n) is 5.77. The van der Waals surface area contributed by atoms with E-state index in [0.717, 1.165) is 34.7 Å². The fourth-order valence-corrected chi connectivity index (χ4v) is 2.10. The zero-order valence-corrected chi connectivity index (χ0v) is 11.0.